The highest BCUT2D eigenvalue weighted by Crippen LogP contribution is 2.15. The van der Waals surface area contributed by atoms with Gasteiger partial charge in [-0.25, -0.2) is 9.18 Å². The summed E-state index contributed by atoms with van der Waals surface area (Å²) >= 11 is 0. The number of nitrogens with one attached hydrogen (secondary N) is 2. The fraction of sp³-hybridized carbons (Fsp3) is 0.235. The lowest BCUT2D eigenvalue weighted by Crippen LogP contribution is -2.37. The number of hydrogen-bond donors (Lipinski definition) is 3. The van der Waals surface area contributed by atoms with Crippen LogP contribution in [0, 0.1) is 12.7 Å². The maximum absolute atomic E-state index is 13.5. The first-order valence-corrected chi connectivity index (χ1v) is 7.06. The minimum absolute atomic E-state index is 0.0550. The number of hydrogen-bond acceptors (Lipinski definition) is 2. The van der Waals surface area contributed by atoms with Crippen LogP contribution in [0.4, 0.5) is 9.18 Å². The van der Waals surface area contributed by atoms with Crippen LogP contribution in [-0.2, 0) is 6.54 Å². The smallest absolute Gasteiger partial charge is 0.315 e. The van der Waals surface area contributed by atoms with Gasteiger partial charge in [-0.15, -0.1) is 0 Å². The first-order chi connectivity index (χ1) is 10.6. The number of aliphatic hydroxyl groups excluding tert-OH is 1. The molecule has 2 amide bonds. The van der Waals surface area contributed by atoms with Crippen molar-refractivity contribution >= 4 is 6.03 Å². The van der Waals surface area contributed by atoms with Crippen LogP contribution in [0.3, 0.4) is 0 Å². The predicted octanol–water partition coefficient (Wildman–Crippen LogP) is 2.67. The van der Waals surface area contributed by atoms with E-state index in [1.165, 1.54) is 12.1 Å². The van der Waals surface area contributed by atoms with E-state index in [0.29, 0.717) is 6.54 Å². The molecule has 0 heterocycles. The zero-order valence-corrected chi connectivity index (χ0v) is 12.3. The number of carbonyl (C=O) groups excluding carboxylic acids is 1. The number of benzene rings is 2. The number of carbonyl (C=O) groups is 1. The van der Waals surface area contributed by atoms with Crippen molar-refractivity contribution in [2.45, 2.75) is 19.6 Å². The van der Waals surface area contributed by atoms with E-state index in [0.717, 1.165) is 11.1 Å². The first kappa shape index (κ1) is 16.0. The summed E-state index contributed by atoms with van der Waals surface area (Å²) in [6.45, 7) is 2.32. The van der Waals surface area contributed by atoms with Crippen LogP contribution in [0.1, 0.15) is 22.8 Å². The number of aliphatic hydroxyl groups is 1. The standard InChI is InChI=1S/C17H19FN2O2/c1-12-5-4-6-13(9-12)10-19-17(22)20-11-16(21)14-7-2-3-8-15(14)18/h2-9,16,21H,10-11H2,1H3,(H2,19,20,22). The van der Waals surface area contributed by atoms with E-state index in [9.17, 15) is 14.3 Å². The van der Waals surface area contributed by atoms with Crippen molar-refractivity contribution in [3.05, 3.63) is 71.0 Å². The molecule has 2 aromatic rings. The zero-order valence-electron chi connectivity index (χ0n) is 12.3. The lowest BCUT2D eigenvalue weighted by atomic mass is 10.1. The average molecular weight is 302 g/mol. The molecular weight excluding hydrogens is 283 g/mol. The van der Waals surface area contributed by atoms with E-state index in [2.05, 4.69) is 10.6 Å². The van der Waals surface area contributed by atoms with E-state index in [-0.39, 0.29) is 12.1 Å². The van der Waals surface area contributed by atoms with Crippen LogP contribution in [0.2, 0.25) is 0 Å². The second-order valence-electron chi connectivity index (χ2n) is 5.09. The van der Waals surface area contributed by atoms with E-state index in [1.807, 2.05) is 31.2 Å². The fourth-order valence-electron chi connectivity index (χ4n) is 2.11. The average Bonchev–Trinajstić information content (AvgIpc) is 2.51. The second kappa shape index (κ2) is 7.56. The molecule has 0 aliphatic heterocycles. The minimum Gasteiger partial charge on any atom is -0.386 e. The second-order valence-corrected chi connectivity index (χ2v) is 5.09. The Morgan fingerprint density at radius 3 is 2.68 bits per heavy atom. The summed E-state index contributed by atoms with van der Waals surface area (Å²) in [5.74, 6) is -0.489. The third-order valence-corrected chi connectivity index (χ3v) is 3.26. The van der Waals surface area contributed by atoms with Crippen LogP contribution in [0.25, 0.3) is 0 Å². The maximum Gasteiger partial charge on any atom is 0.315 e. The lowest BCUT2D eigenvalue weighted by molar-refractivity contribution is 0.169. The first-order valence-electron chi connectivity index (χ1n) is 7.06. The van der Waals surface area contributed by atoms with Gasteiger partial charge in [-0.1, -0.05) is 48.0 Å². The molecule has 0 saturated carbocycles. The number of halogens is 1. The molecule has 1 atom stereocenters. The summed E-state index contributed by atoms with van der Waals surface area (Å²) in [4.78, 5) is 11.7. The summed E-state index contributed by atoms with van der Waals surface area (Å²) in [7, 11) is 0. The Morgan fingerprint density at radius 2 is 1.95 bits per heavy atom. The molecule has 0 aromatic heterocycles. The van der Waals surface area contributed by atoms with Crippen LogP contribution in [-0.4, -0.2) is 17.7 Å². The van der Waals surface area contributed by atoms with Gasteiger partial charge in [0.15, 0.2) is 0 Å². The summed E-state index contributed by atoms with van der Waals surface area (Å²) in [5, 5.41) is 15.1. The third-order valence-electron chi connectivity index (χ3n) is 3.26. The Bertz CT molecular complexity index is 646. The molecule has 0 bridgehead atoms. The Morgan fingerprint density at radius 1 is 1.18 bits per heavy atom. The molecule has 2 aromatic carbocycles. The van der Waals surface area contributed by atoms with E-state index in [1.54, 1.807) is 12.1 Å². The summed E-state index contributed by atoms with van der Waals surface area (Å²) < 4.78 is 13.5. The van der Waals surface area contributed by atoms with Gasteiger partial charge in [0.25, 0.3) is 0 Å². The van der Waals surface area contributed by atoms with Gasteiger partial charge in [-0.3, -0.25) is 0 Å². The SMILES string of the molecule is Cc1cccc(CNC(=O)NCC(O)c2ccccc2F)c1. The molecule has 0 aliphatic rings. The van der Waals surface area contributed by atoms with Crippen LogP contribution >= 0.6 is 0 Å². The minimum atomic E-state index is -1.08. The van der Waals surface area contributed by atoms with Gasteiger partial charge < -0.3 is 15.7 Å². The van der Waals surface area contributed by atoms with Crippen LogP contribution in [0.5, 0.6) is 0 Å². The van der Waals surface area contributed by atoms with Crippen LogP contribution in [0.15, 0.2) is 48.5 Å². The molecule has 1 unspecified atom stereocenters. The molecule has 2 rings (SSSR count). The predicted molar refractivity (Wildman–Crippen MR) is 82.8 cm³/mol. The van der Waals surface area contributed by atoms with Gasteiger partial charge in [-0.05, 0) is 18.6 Å². The van der Waals surface area contributed by atoms with Crippen molar-refractivity contribution in [3.8, 4) is 0 Å². The van der Waals surface area contributed by atoms with Crippen molar-refractivity contribution < 1.29 is 14.3 Å². The largest absolute Gasteiger partial charge is 0.386 e. The number of rotatable bonds is 5. The van der Waals surface area contributed by atoms with Gasteiger partial charge in [0.1, 0.15) is 5.82 Å². The van der Waals surface area contributed by atoms with E-state index < -0.39 is 18.0 Å². The van der Waals surface area contributed by atoms with Crippen molar-refractivity contribution in [3.63, 3.8) is 0 Å². The number of aryl methyl sites for hydroxylation is 1. The van der Waals surface area contributed by atoms with Gasteiger partial charge in [0, 0.05) is 18.7 Å². The Kier molecular flexibility index (Phi) is 5.49. The maximum atomic E-state index is 13.5. The topological polar surface area (TPSA) is 61.4 Å². The third kappa shape index (κ3) is 4.56. The molecule has 4 nitrogen and oxygen atoms in total. The molecule has 3 N–H and O–H groups in total. The van der Waals surface area contributed by atoms with E-state index >= 15 is 0 Å². The number of urea groups is 1. The van der Waals surface area contributed by atoms with Gasteiger partial charge >= 0.3 is 6.03 Å². The zero-order chi connectivity index (χ0) is 15.9. The highest BCUT2D eigenvalue weighted by molar-refractivity contribution is 5.73. The van der Waals surface area contributed by atoms with Crippen molar-refractivity contribution in [2.75, 3.05) is 6.54 Å². The highest BCUT2D eigenvalue weighted by atomic mass is 19.1. The van der Waals surface area contributed by atoms with E-state index in [4.69, 9.17) is 0 Å². The van der Waals surface area contributed by atoms with Crippen molar-refractivity contribution in [2.24, 2.45) is 0 Å². The van der Waals surface area contributed by atoms with Crippen molar-refractivity contribution in [1.82, 2.24) is 10.6 Å². The van der Waals surface area contributed by atoms with Crippen molar-refractivity contribution in [1.29, 1.82) is 0 Å². The molecular formula is C17H19FN2O2. The molecule has 0 radical (unpaired) electrons. The highest BCUT2D eigenvalue weighted by Gasteiger charge is 2.13. The molecule has 0 saturated heterocycles. The Labute approximate surface area is 129 Å². The van der Waals surface area contributed by atoms with Gasteiger partial charge in [0.2, 0.25) is 0 Å². The lowest BCUT2D eigenvalue weighted by Gasteiger charge is -2.13. The number of amides is 2. The molecule has 5 heteroatoms. The quantitative estimate of drug-likeness (QED) is 0.795. The van der Waals surface area contributed by atoms with Gasteiger partial charge in [0.05, 0.1) is 6.10 Å². The molecule has 0 aliphatic carbocycles. The van der Waals surface area contributed by atoms with Crippen LogP contribution < -0.4 is 10.6 Å². The summed E-state index contributed by atoms with van der Waals surface area (Å²) in [5.41, 5.74) is 2.28. The van der Waals surface area contributed by atoms with Gasteiger partial charge in [-0.2, -0.15) is 0 Å². The molecule has 0 spiro atoms. The summed E-state index contributed by atoms with van der Waals surface area (Å²) in [6, 6.07) is 13.4. The summed E-state index contributed by atoms with van der Waals surface area (Å²) in [6.07, 6.45) is -1.08. The normalized spacial score (nSPS) is 11.8. The Balaban J connectivity index is 1.79. The monoisotopic (exact) mass is 302 g/mol. The molecule has 116 valence electrons. The molecule has 0 fully saturated rings. The Hall–Kier alpha value is -2.40. The molecule has 22 heavy (non-hydrogen) atoms. The fourth-order valence-corrected chi connectivity index (χ4v) is 2.11.